The van der Waals surface area contributed by atoms with Gasteiger partial charge in [-0.3, -0.25) is 0 Å². The van der Waals surface area contributed by atoms with Crippen molar-refractivity contribution in [1.82, 2.24) is 9.97 Å². The number of hydrogen-bond donors (Lipinski definition) is 2. The van der Waals surface area contributed by atoms with Gasteiger partial charge in [0, 0.05) is 23.5 Å². The fourth-order valence-corrected chi connectivity index (χ4v) is 1.56. The molecule has 0 saturated carbocycles. The van der Waals surface area contributed by atoms with Crippen LogP contribution < -0.4 is 11.1 Å². The molecule has 1 heterocycles. The first kappa shape index (κ1) is 12.9. The molecule has 0 radical (unpaired) electrons. The molecule has 4 heteroatoms. The standard InChI is InChI=1S/C12H22N4/c1-5-12(13,6-2)8-14-11-15-9(3)7-10(4)16-11/h7H,5-6,8,13H2,1-4H3,(H,14,15,16). The topological polar surface area (TPSA) is 63.8 Å². The van der Waals surface area contributed by atoms with Crippen molar-refractivity contribution in [2.24, 2.45) is 5.73 Å². The summed E-state index contributed by atoms with van der Waals surface area (Å²) in [7, 11) is 0. The highest BCUT2D eigenvalue weighted by atomic mass is 15.1. The third kappa shape index (κ3) is 3.45. The number of rotatable bonds is 5. The Balaban J connectivity index is 2.67. The van der Waals surface area contributed by atoms with Gasteiger partial charge in [0.1, 0.15) is 0 Å². The minimum atomic E-state index is -0.166. The van der Waals surface area contributed by atoms with E-state index < -0.39 is 0 Å². The van der Waals surface area contributed by atoms with Gasteiger partial charge in [0.2, 0.25) is 5.95 Å². The normalized spacial score (nSPS) is 11.6. The van der Waals surface area contributed by atoms with E-state index in [9.17, 15) is 0 Å². The smallest absolute Gasteiger partial charge is 0.223 e. The van der Waals surface area contributed by atoms with Crippen molar-refractivity contribution in [3.8, 4) is 0 Å². The second kappa shape index (κ2) is 5.25. The van der Waals surface area contributed by atoms with E-state index in [2.05, 4.69) is 29.1 Å². The number of aryl methyl sites for hydroxylation is 2. The Kier molecular flexibility index (Phi) is 4.24. The summed E-state index contributed by atoms with van der Waals surface area (Å²) in [6.45, 7) is 8.86. The molecule has 0 aliphatic heterocycles. The zero-order valence-electron chi connectivity index (χ0n) is 10.7. The highest BCUT2D eigenvalue weighted by molar-refractivity contribution is 5.28. The van der Waals surface area contributed by atoms with Gasteiger partial charge in [-0.2, -0.15) is 0 Å². The Morgan fingerprint density at radius 3 is 2.12 bits per heavy atom. The molecule has 0 bridgehead atoms. The third-order valence-electron chi connectivity index (χ3n) is 2.99. The molecule has 1 rings (SSSR count). The molecule has 0 aromatic carbocycles. The summed E-state index contributed by atoms with van der Waals surface area (Å²) < 4.78 is 0. The van der Waals surface area contributed by atoms with Crippen LogP contribution in [0, 0.1) is 13.8 Å². The quantitative estimate of drug-likeness (QED) is 0.800. The predicted molar refractivity (Wildman–Crippen MR) is 67.5 cm³/mol. The molecule has 0 spiro atoms. The summed E-state index contributed by atoms with van der Waals surface area (Å²) in [6.07, 6.45) is 1.89. The van der Waals surface area contributed by atoms with Crippen molar-refractivity contribution >= 4 is 5.95 Å². The van der Waals surface area contributed by atoms with E-state index in [-0.39, 0.29) is 5.54 Å². The molecule has 0 aliphatic rings. The van der Waals surface area contributed by atoms with Crippen LogP contribution in [0.5, 0.6) is 0 Å². The van der Waals surface area contributed by atoms with Crippen LogP contribution >= 0.6 is 0 Å². The molecule has 0 atom stereocenters. The zero-order valence-corrected chi connectivity index (χ0v) is 10.7. The molecule has 1 aromatic heterocycles. The van der Waals surface area contributed by atoms with E-state index in [4.69, 9.17) is 5.73 Å². The maximum absolute atomic E-state index is 6.20. The Labute approximate surface area is 97.7 Å². The fraction of sp³-hybridized carbons (Fsp3) is 0.667. The molecule has 0 saturated heterocycles. The molecule has 0 unspecified atom stereocenters. The average Bonchev–Trinajstić information content (AvgIpc) is 2.25. The third-order valence-corrected chi connectivity index (χ3v) is 2.99. The van der Waals surface area contributed by atoms with Crippen molar-refractivity contribution in [3.05, 3.63) is 17.5 Å². The molecule has 0 amide bonds. The van der Waals surface area contributed by atoms with Gasteiger partial charge >= 0.3 is 0 Å². The Morgan fingerprint density at radius 1 is 1.19 bits per heavy atom. The Hall–Kier alpha value is -1.16. The van der Waals surface area contributed by atoms with Crippen LogP contribution in [-0.2, 0) is 0 Å². The van der Waals surface area contributed by atoms with E-state index in [1.54, 1.807) is 0 Å². The number of anilines is 1. The van der Waals surface area contributed by atoms with E-state index in [0.717, 1.165) is 24.2 Å². The number of nitrogens with zero attached hydrogens (tertiary/aromatic N) is 2. The summed E-state index contributed by atoms with van der Waals surface area (Å²) in [5.41, 5.74) is 7.99. The lowest BCUT2D eigenvalue weighted by atomic mass is 9.94. The first-order valence-corrected chi connectivity index (χ1v) is 5.84. The van der Waals surface area contributed by atoms with Crippen LogP contribution in [-0.4, -0.2) is 22.1 Å². The molecule has 90 valence electrons. The van der Waals surface area contributed by atoms with Gasteiger partial charge in [-0.25, -0.2) is 9.97 Å². The number of nitrogens with one attached hydrogen (secondary N) is 1. The van der Waals surface area contributed by atoms with Gasteiger partial charge in [-0.15, -0.1) is 0 Å². The highest BCUT2D eigenvalue weighted by Gasteiger charge is 2.20. The second-order valence-electron chi connectivity index (χ2n) is 4.40. The lowest BCUT2D eigenvalue weighted by molar-refractivity contribution is 0.417. The molecule has 16 heavy (non-hydrogen) atoms. The molecule has 0 fully saturated rings. The van der Waals surface area contributed by atoms with Gasteiger partial charge in [-0.05, 0) is 32.8 Å². The van der Waals surface area contributed by atoms with Gasteiger partial charge in [-0.1, -0.05) is 13.8 Å². The van der Waals surface area contributed by atoms with Crippen molar-refractivity contribution < 1.29 is 0 Å². The highest BCUT2D eigenvalue weighted by Crippen LogP contribution is 2.12. The minimum Gasteiger partial charge on any atom is -0.352 e. The maximum Gasteiger partial charge on any atom is 0.223 e. The number of nitrogens with two attached hydrogens (primary N) is 1. The summed E-state index contributed by atoms with van der Waals surface area (Å²) in [4.78, 5) is 8.66. The molecule has 0 aliphatic carbocycles. The SMILES string of the molecule is CCC(N)(CC)CNc1nc(C)cc(C)n1. The molecule has 1 aromatic rings. The van der Waals surface area contributed by atoms with Crippen LogP contribution in [0.1, 0.15) is 38.1 Å². The number of hydrogen-bond acceptors (Lipinski definition) is 4. The average molecular weight is 222 g/mol. The van der Waals surface area contributed by atoms with E-state index in [1.165, 1.54) is 0 Å². The van der Waals surface area contributed by atoms with Crippen LogP contribution in [0.25, 0.3) is 0 Å². The van der Waals surface area contributed by atoms with Crippen LogP contribution in [0.3, 0.4) is 0 Å². The summed E-state index contributed by atoms with van der Waals surface area (Å²) in [5.74, 6) is 0.675. The van der Waals surface area contributed by atoms with Crippen LogP contribution in [0.2, 0.25) is 0 Å². The van der Waals surface area contributed by atoms with Crippen molar-refractivity contribution in [2.75, 3.05) is 11.9 Å². The summed E-state index contributed by atoms with van der Waals surface area (Å²) in [5, 5.41) is 3.22. The fourth-order valence-electron chi connectivity index (χ4n) is 1.56. The summed E-state index contributed by atoms with van der Waals surface area (Å²) >= 11 is 0. The van der Waals surface area contributed by atoms with Crippen LogP contribution in [0.15, 0.2) is 6.07 Å². The molecular weight excluding hydrogens is 200 g/mol. The summed E-state index contributed by atoms with van der Waals surface area (Å²) in [6, 6.07) is 1.96. The second-order valence-corrected chi connectivity index (χ2v) is 4.40. The van der Waals surface area contributed by atoms with Crippen molar-refractivity contribution in [1.29, 1.82) is 0 Å². The molecule has 3 N–H and O–H groups in total. The van der Waals surface area contributed by atoms with E-state index >= 15 is 0 Å². The van der Waals surface area contributed by atoms with Crippen molar-refractivity contribution in [2.45, 2.75) is 46.1 Å². The maximum atomic E-state index is 6.20. The minimum absolute atomic E-state index is 0.166. The lowest BCUT2D eigenvalue weighted by Crippen LogP contribution is -2.45. The largest absolute Gasteiger partial charge is 0.352 e. The van der Waals surface area contributed by atoms with Gasteiger partial charge in [0.15, 0.2) is 0 Å². The molecular formula is C12H22N4. The van der Waals surface area contributed by atoms with Crippen molar-refractivity contribution in [3.63, 3.8) is 0 Å². The van der Waals surface area contributed by atoms with Gasteiger partial charge in [0.25, 0.3) is 0 Å². The predicted octanol–water partition coefficient (Wildman–Crippen LogP) is 2.02. The first-order valence-electron chi connectivity index (χ1n) is 5.84. The zero-order chi connectivity index (χ0) is 12.2. The Bertz CT molecular complexity index is 325. The van der Waals surface area contributed by atoms with Crippen LogP contribution in [0.4, 0.5) is 5.95 Å². The van der Waals surface area contributed by atoms with Gasteiger partial charge < -0.3 is 11.1 Å². The lowest BCUT2D eigenvalue weighted by Gasteiger charge is -2.26. The first-order chi connectivity index (χ1) is 7.49. The molecule has 4 nitrogen and oxygen atoms in total. The monoisotopic (exact) mass is 222 g/mol. The van der Waals surface area contributed by atoms with E-state index in [0.29, 0.717) is 12.5 Å². The van der Waals surface area contributed by atoms with Gasteiger partial charge in [0.05, 0.1) is 0 Å². The van der Waals surface area contributed by atoms with E-state index in [1.807, 2.05) is 19.9 Å². The Morgan fingerprint density at radius 2 is 1.69 bits per heavy atom. The number of aromatic nitrogens is 2.